The minimum absolute atomic E-state index is 0. The smallest absolute Gasteiger partial charge is 0.263 e. The van der Waals surface area contributed by atoms with Crippen molar-refractivity contribution < 1.29 is 16.1 Å². The van der Waals surface area contributed by atoms with E-state index in [1.165, 1.54) is 12.1 Å². The van der Waals surface area contributed by atoms with Gasteiger partial charge >= 0.3 is 0 Å². The summed E-state index contributed by atoms with van der Waals surface area (Å²) in [5.74, 6) is -0.0307. The van der Waals surface area contributed by atoms with Gasteiger partial charge in [-0.1, -0.05) is 18.2 Å². The molecule has 1 fully saturated rings. The van der Waals surface area contributed by atoms with Crippen LogP contribution in [0.4, 0.5) is 5.69 Å². The van der Waals surface area contributed by atoms with Crippen LogP contribution in [-0.2, 0) is 14.8 Å². The van der Waals surface area contributed by atoms with Crippen LogP contribution >= 0.6 is 12.2 Å². The van der Waals surface area contributed by atoms with Gasteiger partial charge in [0, 0.05) is 39.4 Å². The highest BCUT2D eigenvalue weighted by atomic mass is 32.2. The Morgan fingerprint density at radius 2 is 1.97 bits per heavy atom. The molecule has 34 heavy (non-hydrogen) atoms. The maximum Gasteiger partial charge on any atom is 0.263 e. The molecule has 11 heteroatoms. The highest BCUT2D eigenvalue weighted by Gasteiger charge is 2.27. The Bertz CT molecular complexity index is 1350. The molecule has 0 spiro atoms. The number of sulfonamides is 1. The van der Waals surface area contributed by atoms with Crippen LogP contribution in [0.5, 0.6) is 0 Å². The van der Waals surface area contributed by atoms with Gasteiger partial charge in [0.1, 0.15) is 6.04 Å². The number of rotatable bonds is 6. The molecule has 2 heterocycles. The summed E-state index contributed by atoms with van der Waals surface area (Å²) in [5.41, 5.74) is 7.04. The predicted octanol–water partition coefficient (Wildman–Crippen LogP) is 2.64. The molecule has 3 aromatic rings. The van der Waals surface area contributed by atoms with E-state index in [4.69, 9.17) is 18.0 Å². The van der Waals surface area contributed by atoms with Crippen molar-refractivity contribution in [3.05, 3.63) is 60.8 Å². The number of carbonyl (C=O) groups excluding carboxylic acids is 1. The lowest BCUT2D eigenvalue weighted by Gasteiger charge is -2.21. The number of nitrogens with one attached hydrogen (secondary N) is 2. The molecule has 1 aliphatic rings. The van der Waals surface area contributed by atoms with Crippen LogP contribution in [0.25, 0.3) is 10.9 Å². The number of aliphatic imine (C=N–C) groups is 1. The summed E-state index contributed by atoms with van der Waals surface area (Å²) in [5, 5.41) is 4.03. The average molecular weight is 503 g/mol. The molecule has 182 valence electrons. The van der Waals surface area contributed by atoms with E-state index in [1.807, 2.05) is 48.0 Å². The van der Waals surface area contributed by atoms with Gasteiger partial charge in [-0.15, -0.1) is 0 Å². The van der Waals surface area contributed by atoms with Crippen molar-refractivity contribution in [3.8, 4) is 0 Å². The molecule has 4 N–H and O–H groups in total. The monoisotopic (exact) mass is 502 g/mol. The molecule has 9 nitrogen and oxygen atoms in total. The molecule has 0 aliphatic carbocycles. The molecule has 0 saturated carbocycles. The molecule has 2 atom stereocenters. The zero-order chi connectivity index (χ0) is 24.3. The van der Waals surface area contributed by atoms with Crippen molar-refractivity contribution in [2.45, 2.75) is 30.3 Å². The van der Waals surface area contributed by atoms with Crippen LogP contribution in [0.1, 0.15) is 22.2 Å². The topological polar surface area (TPSA) is 122 Å². The number of anilines is 1. The van der Waals surface area contributed by atoms with Crippen molar-refractivity contribution in [3.63, 3.8) is 0 Å². The van der Waals surface area contributed by atoms with Gasteiger partial charge in [0.25, 0.3) is 10.0 Å². The predicted molar refractivity (Wildman–Crippen MR) is 142 cm³/mol. The van der Waals surface area contributed by atoms with E-state index in [0.29, 0.717) is 6.54 Å². The largest absolute Gasteiger partial charge is 0.390 e. The van der Waals surface area contributed by atoms with Gasteiger partial charge in [0.15, 0.2) is 0 Å². The number of nitrogens with zero attached hydrogens (tertiary/aromatic N) is 3. The zero-order valence-corrected chi connectivity index (χ0v) is 20.2. The minimum Gasteiger partial charge on any atom is -0.390 e. The fourth-order valence-electron chi connectivity index (χ4n) is 4.11. The van der Waals surface area contributed by atoms with Crippen LogP contribution in [-0.4, -0.2) is 49.5 Å². The zero-order valence-electron chi connectivity index (χ0n) is 18.6. The fraction of sp³-hybridized carbons (Fsp3) is 0.261. The van der Waals surface area contributed by atoms with E-state index in [1.54, 1.807) is 12.1 Å². The Morgan fingerprint density at radius 1 is 1.24 bits per heavy atom. The molecule has 1 amide bonds. The summed E-state index contributed by atoms with van der Waals surface area (Å²) in [7, 11) is -3.83. The SMILES string of the molecule is C[C@H](C(=O)N[C@H]1CCN(c2ccc(S(=O)(=O)NC(=S)N=CN)cc2)C1)n1ccc2ccccc21.[HH].[HH]. The molecule has 0 radical (unpaired) electrons. The molecular formula is C23H30N6O3S2. The van der Waals surface area contributed by atoms with Crippen LogP contribution in [0.15, 0.2) is 70.7 Å². The number of benzene rings is 2. The molecule has 2 aromatic carbocycles. The van der Waals surface area contributed by atoms with E-state index in [2.05, 4.69) is 19.9 Å². The van der Waals surface area contributed by atoms with Gasteiger partial charge in [-0.25, -0.2) is 13.4 Å². The van der Waals surface area contributed by atoms with Crippen molar-refractivity contribution in [1.29, 1.82) is 0 Å². The number of para-hydroxylation sites is 1. The molecule has 1 aromatic heterocycles. The third kappa shape index (κ3) is 5.05. The first kappa shape index (κ1) is 23.7. The Kier molecular flexibility index (Phi) is 6.85. The third-order valence-corrected chi connectivity index (χ3v) is 7.58. The summed E-state index contributed by atoms with van der Waals surface area (Å²) in [6, 6.07) is 16.2. The summed E-state index contributed by atoms with van der Waals surface area (Å²) in [4.78, 5) is 18.7. The molecule has 1 saturated heterocycles. The first-order chi connectivity index (χ1) is 16.3. The second-order valence-corrected chi connectivity index (χ2v) is 10.1. The number of hydrogen-bond acceptors (Lipinski definition) is 5. The number of aromatic nitrogens is 1. The van der Waals surface area contributed by atoms with Gasteiger partial charge in [-0.3, -0.25) is 9.52 Å². The second kappa shape index (κ2) is 9.82. The van der Waals surface area contributed by atoms with Gasteiger partial charge in [-0.2, -0.15) is 0 Å². The van der Waals surface area contributed by atoms with E-state index < -0.39 is 10.0 Å². The van der Waals surface area contributed by atoms with Gasteiger partial charge in [0.05, 0.1) is 11.2 Å². The summed E-state index contributed by atoms with van der Waals surface area (Å²) < 4.78 is 28.9. The molecule has 0 bridgehead atoms. The maximum atomic E-state index is 12.9. The minimum atomic E-state index is -3.83. The Balaban J connectivity index is 0.00000228. The van der Waals surface area contributed by atoms with Crippen LogP contribution < -0.4 is 20.7 Å². The number of carbonyl (C=O) groups is 1. The molecule has 4 rings (SSSR count). The fourth-order valence-corrected chi connectivity index (χ4v) is 5.39. The molecule has 1 aliphatic heterocycles. The number of amides is 1. The lowest BCUT2D eigenvalue weighted by atomic mass is 10.2. The number of hydrogen-bond donors (Lipinski definition) is 3. The van der Waals surface area contributed by atoms with Gasteiger partial charge < -0.3 is 20.5 Å². The first-order valence-electron chi connectivity index (χ1n) is 10.8. The normalized spacial score (nSPS) is 17.2. The van der Waals surface area contributed by atoms with E-state index in [-0.39, 0.29) is 30.9 Å². The van der Waals surface area contributed by atoms with Gasteiger partial charge in [-0.05, 0) is 67.3 Å². The van der Waals surface area contributed by atoms with Crippen LogP contribution in [0.2, 0.25) is 0 Å². The highest BCUT2D eigenvalue weighted by molar-refractivity contribution is 7.91. The number of thiocarbonyl (C=S) groups is 1. The van der Waals surface area contributed by atoms with Gasteiger partial charge in [0.2, 0.25) is 11.0 Å². The van der Waals surface area contributed by atoms with Crippen LogP contribution in [0, 0.1) is 0 Å². The lowest BCUT2D eigenvalue weighted by molar-refractivity contribution is -0.124. The maximum absolute atomic E-state index is 12.9. The Morgan fingerprint density at radius 3 is 2.71 bits per heavy atom. The second-order valence-electron chi connectivity index (χ2n) is 8.08. The summed E-state index contributed by atoms with van der Waals surface area (Å²) >= 11 is 4.82. The van der Waals surface area contributed by atoms with Crippen molar-refractivity contribution in [2.75, 3.05) is 18.0 Å². The van der Waals surface area contributed by atoms with E-state index >= 15 is 0 Å². The first-order valence-corrected chi connectivity index (χ1v) is 12.7. The Hall–Kier alpha value is -3.44. The van der Waals surface area contributed by atoms with Crippen molar-refractivity contribution >= 4 is 56.2 Å². The van der Waals surface area contributed by atoms with Crippen LogP contribution in [0.3, 0.4) is 0 Å². The lowest BCUT2D eigenvalue weighted by Crippen LogP contribution is -2.40. The third-order valence-electron chi connectivity index (χ3n) is 5.89. The standard InChI is InChI=1S/C23H26N6O3S2.2H2/c1-16(29-13-10-17-4-2-3-5-21(17)29)22(30)26-18-11-12-28(14-18)19-6-8-20(9-7-19)34(31,32)27-23(33)25-15-24;;/h2-10,13,15-16,18H,11-12,14H2,1H3,(H,26,30)(H3,24,25,27,33);2*1H/t16-,18+;;/m1../s1. The highest BCUT2D eigenvalue weighted by Crippen LogP contribution is 2.24. The number of fused-ring (bicyclic) bond motifs is 1. The van der Waals surface area contributed by atoms with E-state index in [9.17, 15) is 13.2 Å². The summed E-state index contributed by atoms with van der Waals surface area (Å²) in [6.45, 7) is 3.29. The average Bonchev–Trinajstić information content (AvgIpc) is 3.46. The quantitative estimate of drug-likeness (QED) is 0.271. The van der Waals surface area contributed by atoms with E-state index in [0.717, 1.165) is 35.9 Å². The molecule has 0 unspecified atom stereocenters. The van der Waals surface area contributed by atoms with Crippen molar-refractivity contribution in [2.24, 2.45) is 10.7 Å². The number of nitrogens with two attached hydrogens (primary N) is 1. The Labute approximate surface area is 206 Å². The van der Waals surface area contributed by atoms with Crippen molar-refractivity contribution in [1.82, 2.24) is 14.6 Å². The molecular weight excluding hydrogens is 472 g/mol. The summed E-state index contributed by atoms with van der Waals surface area (Å²) in [6.07, 6.45) is 3.67.